The van der Waals surface area contributed by atoms with Crippen molar-refractivity contribution in [2.24, 2.45) is 5.92 Å². The number of amides is 1. The number of hydrogen-bond donors (Lipinski definition) is 2. The normalized spacial score (nSPS) is 13.1. The molecule has 1 aromatic rings. The maximum Gasteiger partial charge on any atom is 0.221 e. The van der Waals surface area contributed by atoms with E-state index in [0.717, 1.165) is 44.8 Å². The summed E-state index contributed by atoms with van der Waals surface area (Å²) >= 11 is 0. The molecular formula is C17H26N2O2. The highest BCUT2D eigenvalue weighted by molar-refractivity contribution is 5.76. The lowest BCUT2D eigenvalue weighted by Gasteiger charge is -2.08. The highest BCUT2D eigenvalue weighted by atomic mass is 16.5. The van der Waals surface area contributed by atoms with Gasteiger partial charge in [-0.2, -0.15) is 0 Å². The Hall–Kier alpha value is -1.55. The van der Waals surface area contributed by atoms with Gasteiger partial charge in [-0.05, 0) is 36.1 Å². The molecule has 1 aromatic carbocycles. The summed E-state index contributed by atoms with van der Waals surface area (Å²) in [6.07, 6.45) is 2.55. The van der Waals surface area contributed by atoms with Crippen molar-refractivity contribution in [1.29, 1.82) is 0 Å². The molecule has 2 N–H and O–H groups in total. The Morgan fingerprint density at radius 1 is 1.33 bits per heavy atom. The summed E-state index contributed by atoms with van der Waals surface area (Å²) in [4.78, 5) is 11.5. The van der Waals surface area contributed by atoms with Crippen LogP contribution in [0, 0.1) is 5.92 Å². The van der Waals surface area contributed by atoms with Gasteiger partial charge in [0.15, 0.2) is 0 Å². The first-order chi connectivity index (χ1) is 10.1. The van der Waals surface area contributed by atoms with Gasteiger partial charge in [-0.25, -0.2) is 0 Å². The summed E-state index contributed by atoms with van der Waals surface area (Å²) < 4.78 is 5.50. The first-order valence-electron chi connectivity index (χ1n) is 7.87. The molecule has 2 rings (SSSR count). The average molecular weight is 290 g/mol. The third kappa shape index (κ3) is 5.38. The SMILES string of the molecule is CC(C)CNC(=O)CCNCCc1ccc2c(c1)CCO2. The molecule has 0 unspecified atom stereocenters. The number of hydrogen-bond acceptors (Lipinski definition) is 3. The molecule has 0 bridgehead atoms. The number of rotatable bonds is 8. The van der Waals surface area contributed by atoms with E-state index in [1.165, 1.54) is 11.1 Å². The molecule has 0 aromatic heterocycles. The minimum Gasteiger partial charge on any atom is -0.493 e. The summed E-state index contributed by atoms with van der Waals surface area (Å²) in [5.41, 5.74) is 2.65. The van der Waals surface area contributed by atoms with Crippen LogP contribution in [0.1, 0.15) is 31.4 Å². The van der Waals surface area contributed by atoms with Gasteiger partial charge in [0.05, 0.1) is 6.61 Å². The Morgan fingerprint density at radius 2 is 2.19 bits per heavy atom. The molecule has 21 heavy (non-hydrogen) atoms. The van der Waals surface area contributed by atoms with E-state index in [1.54, 1.807) is 0 Å². The fourth-order valence-corrected chi connectivity index (χ4v) is 2.36. The second-order valence-corrected chi connectivity index (χ2v) is 5.99. The van der Waals surface area contributed by atoms with Gasteiger partial charge < -0.3 is 15.4 Å². The lowest BCUT2D eigenvalue weighted by atomic mass is 10.1. The Balaban J connectivity index is 1.58. The van der Waals surface area contributed by atoms with E-state index in [-0.39, 0.29) is 5.91 Å². The smallest absolute Gasteiger partial charge is 0.221 e. The van der Waals surface area contributed by atoms with Crippen LogP contribution in [0.15, 0.2) is 18.2 Å². The molecule has 4 nitrogen and oxygen atoms in total. The summed E-state index contributed by atoms with van der Waals surface area (Å²) in [6.45, 7) is 7.40. The minimum atomic E-state index is 0.130. The van der Waals surface area contributed by atoms with Gasteiger partial charge in [0.2, 0.25) is 5.91 Å². The van der Waals surface area contributed by atoms with Crippen molar-refractivity contribution < 1.29 is 9.53 Å². The van der Waals surface area contributed by atoms with Crippen molar-refractivity contribution >= 4 is 5.91 Å². The number of ether oxygens (including phenoxy) is 1. The van der Waals surface area contributed by atoms with Gasteiger partial charge in [0.1, 0.15) is 5.75 Å². The van der Waals surface area contributed by atoms with Crippen LogP contribution in [0.2, 0.25) is 0 Å². The van der Waals surface area contributed by atoms with Crippen LogP contribution < -0.4 is 15.4 Å². The summed E-state index contributed by atoms with van der Waals surface area (Å²) in [6, 6.07) is 6.43. The number of carbonyl (C=O) groups is 1. The van der Waals surface area contributed by atoms with Crippen molar-refractivity contribution in [2.75, 3.05) is 26.2 Å². The zero-order valence-corrected chi connectivity index (χ0v) is 13.1. The molecule has 0 fully saturated rings. The van der Waals surface area contributed by atoms with Gasteiger partial charge in [0, 0.05) is 25.9 Å². The van der Waals surface area contributed by atoms with E-state index in [0.29, 0.717) is 12.3 Å². The fraction of sp³-hybridized carbons (Fsp3) is 0.588. The molecule has 116 valence electrons. The predicted octanol–water partition coefficient (Wildman–Crippen LogP) is 1.92. The molecule has 0 spiro atoms. The molecular weight excluding hydrogens is 264 g/mol. The first-order valence-corrected chi connectivity index (χ1v) is 7.87. The summed E-state index contributed by atoms with van der Waals surface area (Å²) in [5.74, 6) is 1.67. The molecule has 1 aliphatic rings. The quantitative estimate of drug-likeness (QED) is 0.719. The molecule has 1 amide bonds. The monoisotopic (exact) mass is 290 g/mol. The Labute approximate surface area is 127 Å². The lowest BCUT2D eigenvalue weighted by molar-refractivity contribution is -0.121. The van der Waals surface area contributed by atoms with Crippen LogP contribution in [0.5, 0.6) is 5.75 Å². The molecule has 1 aliphatic heterocycles. The Kier molecular flexibility index (Phi) is 6.05. The molecule has 0 saturated carbocycles. The predicted molar refractivity (Wildman–Crippen MR) is 84.7 cm³/mol. The van der Waals surface area contributed by atoms with Crippen molar-refractivity contribution in [1.82, 2.24) is 10.6 Å². The lowest BCUT2D eigenvalue weighted by Crippen LogP contribution is -2.30. The second-order valence-electron chi connectivity index (χ2n) is 5.99. The van der Waals surface area contributed by atoms with Crippen LogP contribution in [-0.4, -0.2) is 32.1 Å². The molecule has 0 aliphatic carbocycles. The van der Waals surface area contributed by atoms with Crippen LogP contribution in [-0.2, 0) is 17.6 Å². The van der Waals surface area contributed by atoms with Crippen molar-refractivity contribution in [3.63, 3.8) is 0 Å². The largest absolute Gasteiger partial charge is 0.493 e. The van der Waals surface area contributed by atoms with Gasteiger partial charge in [-0.1, -0.05) is 26.0 Å². The molecule has 1 heterocycles. The van der Waals surface area contributed by atoms with E-state index in [9.17, 15) is 4.79 Å². The number of carbonyl (C=O) groups excluding carboxylic acids is 1. The third-order valence-corrected chi connectivity index (χ3v) is 3.58. The number of fused-ring (bicyclic) bond motifs is 1. The van der Waals surface area contributed by atoms with E-state index < -0.39 is 0 Å². The fourth-order valence-electron chi connectivity index (χ4n) is 2.36. The second kappa shape index (κ2) is 8.03. The standard InChI is InChI=1S/C17H26N2O2/c1-13(2)12-19-17(20)6-9-18-8-5-14-3-4-16-15(11-14)7-10-21-16/h3-4,11,13,18H,5-10,12H2,1-2H3,(H,19,20). The van der Waals surface area contributed by atoms with Gasteiger partial charge in [-0.15, -0.1) is 0 Å². The molecule has 0 radical (unpaired) electrons. The number of benzene rings is 1. The average Bonchev–Trinajstić information content (AvgIpc) is 2.92. The highest BCUT2D eigenvalue weighted by Crippen LogP contribution is 2.25. The van der Waals surface area contributed by atoms with Crippen molar-refractivity contribution in [3.05, 3.63) is 29.3 Å². The van der Waals surface area contributed by atoms with Crippen molar-refractivity contribution in [3.8, 4) is 5.75 Å². The third-order valence-electron chi connectivity index (χ3n) is 3.58. The first kappa shape index (κ1) is 15.8. The van der Waals surface area contributed by atoms with E-state index in [1.807, 2.05) is 0 Å². The van der Waals surface area contributed by atoms with Crippen LogP contribution in [0.25, 0.3) is 0 Å². The highest BCUT2D eigenvalue weighted by Gasteiger charge is 2.11. The molecule has 0 atom stereocenters. The molecule has 4 heteroatoms. The zero-order valence-electron chi connectivity index (χ0n) is 13.1. The van der Waals surface area contributed by atoms with Gasteiger partial charge in [0.25, 0.3) is 0 Å². The van der Waals surface area contributed by atoms with Gasteiger partial charge in [-0.3, -0.25) is 4.79 Å². The van der Waals surface area contributed by atoms with Gasteiger partial charge >= 0.3 is 0 Å². The van der Waals surface area contributed by atoms with Crippen LogP contribution >= 0.6 is 0 Å². The summed E-state index contributed by atoms with van der Waals surface area (Å²) in [7, 11) is 0. The maximum atomic E-state index is 11.5. The van der Waals surface area contributed by atoms with E-state index in [2.05, 4.69) is 42.7 Å². The zero-order chi connectivity index (χ0) is 15.1. The van der Waals surface area contributed by atoms with E-state index in [4.69, 9.17) is 4.74 Å². The maximum absolute atomic E-state index is 11.5. The summed E-state index contributed by atoms with van der Waals surface area (Å²) in [5, 5.41) is 6.25. The van der Waals surface area contributed by atoms with E-state index >= 15 is 0 Å². The minimum absolute atomic E-state index is 0.130. The topological polar surface area (TPSA) is 50.4 Å². The Morgan fingerprint density at radius 3 is 3.00 bits per heavy atom. The molecule has 0 saturated heterocycles. The van der Waals surface area contributed by atoms with Crippen LogP contribution in [0.4, 0.5) is 0 Å². The van der Waals surface area contributed by atoms with Crippen LogP contribution in [0.3, 0.4) is 0 Å². The van der Waals surface area contributed by atoms with Crippen molar-refractivity contribution in [2.45, 2.75) is 33.1 Å². The Bertz CT molecular complexity index is 472. The number of nitrogens with one attached hydrogen (secondary N) is 2.